The Labute approximate surface area is 267 Å². The van der Waals surface area contributed by atoms with Gasteiger partial charge in [0.1, 0.15) is 0 Å². The van der Waals surface area contributed by atoms with Crippen molar-refractivity contribution < 1.29 is 29.8 Å². The summed E-state index contributed by atoms with van der Waals surface area (Å²) in [6.45, 7) is 4.56. The molecule has 253 valence electrons. The molecule has 0 spiro atoms. The Morgan fingerprint density at radius 2 is 0.561 bits per heavy atom. The summed E-state index contributed by atoms with van der Waals surface area (Å²) in [7, 11) is -3.75. The molecule has 0 bridgehead atoms. The van der Waals surface area contributed by atoms with Crippen molar-refractivity contribution in [1.82, 2.24) is 0 Å². The molecule has 0 aromatic rings. The Morgan fingerprint density at radius 1 is 0.366 bits per heavy atom. The second-order valence-electron chi connectivity index (χ2n) is 12.7. The first-order valence-corrected chi connectivity index (χ1v) is 21.0. The van der Waals surface area contributed by atoms with Gasteiger partial charge in [-0.1, -0.05) is 142 Å². The zero-order chi connectivity index (χ0) is 30.5. The van der Waals surface area contributed by atoms with Crippen LogP contribution in [0.5, 0.6) is 0 Å². The Kier molecular flexibility index (Phi) is 41.3. The zero-order valence-corrected chi connectivity index (χ0v) is 30.0. The first-order chi connectivity index (χ1) is 20.0. The van der Waals surface area contributed by atoms with E-state index in [1.807, 2.05) is 0 Å². The first kappa shape index (κ1) is 43.8. The molecule has 0 radical (unpaired) electrons. The van der Waals surface area contributed by atoms with Gasteiger partial charge in [0.15, 0.2) is 0 Å². The monoisotopic (exact) mass is 645 g/mol. The van der Waals surface area contributed by atoms with E-state index in [1.54, 1.807) is 0 Å². The van der Waals surface area contributed by atoms with Crippen molar-refractivity contribution in [3.8, 4) is 0 Å². The second-order valence-corrected chi connectivity index (χ2v) is 14.9. The quantitative estimate of drug-likeness (QED) is 0.0424. The first-order valence-electron chi connectivity index (χ1n) is 18.5. The maximum absolute atomic E-state index is 10.7. The standard InChI is InChI=1S/C18H39O3P.C18H37.Ni/c1-2-3-4-5-6-7-8-9-10-11-12-13-14-15-16-17-18-22(19,20)21;1-3-5-7-9-11-13-15-17-18-16-14-12-10-8-6-4-2;/h2-18H2,1H3,(H2,19,20,21);1,3-18H2,2H3;. The molecule has 0 saturated heterocycles. The molecule has 0 heterocycles. The van der Waals surface area contributed by atoms with Crippen LogP contribution >= 0.6 is 7.60 Å². The van der Waals surface area contributed by atoms with Gasteiger partial charge in [-0.2, -0.15) is 0 Å². The molecule has 0 saturated carbocycles. The fourth-order valence-electron chi connectivity index (χ4n) is 5.49. The predicted molar refractivity (Wildman–Crippen MR) is 181 cm³/mol. The van der Waals surface area contributed by atoms with E-state index < -0.39 is 7.60 Å². The minimum absolute atomic E-state index is 0.0610. The number of hydrogen-bond acceptors (Lipinski definition) is 1. The van der Waals surface area contributed by atoms with Crippen molar-refractivity contribution >= 4 is 7.60 Å². The molecule has 0 fully saturated rings. The Hall–Kier alpha value is 0.644. The summed E-state index contributed by atoms with van der Waals surface area (Å²) in [5.41, 5.74) is 0. The van der Waals surface area contributed by atoms with Crippen LogP contribution in [0.3, 0.4) is 0 Å². The average Bonchev–Trinajstić information content (AvgIpc) is 2.94. The van der Waals surface area contributed by atoms with Crippen LogP contribution in [-0.2, 0) is 20.0 Å². The van der Waals surface area contributed by atoms with E-state index in [1.165, 1.54) is 186 Å². The summed E-state index contributed by atoms with van der Waals surface area (Å²) < 4.78 is 10.7. The molecular weight excluding hydrogens is 570 g/mol. The second kappa shape index (κ2) is 38.7. The molecule has 0 unspecified atom stereocenters. The van der Waals surface area contributed by atoms with Gasteiger partial charge >= 0.3 is 99.1 Å². The van der Waals surface area contributed by atoms with Crippen molar-refractivity contribution in [2.75, 3.05) is 6.16 Å². The number of hydrogen-bond donors (Lipinski definition) is 2. The molecule has 0 aromatic heterocycles. The van der Waals surface area contributed by atoms with Gasteiger partial charge < -0.3 is 9.79 Å². The molecule has 0 aliphatic rings. The van der Waals surface area contributed by atoms with E-state index in [2.05, 4.69) is 29.3 Å². The molecule has 5 heteroatoms. The van der Waals surface area contributed by atoms with Gasteiger partial charge in [0, 0.05) is 6.16 Å². The van der Waals surface area contributed by atoms with E-state index >= 15 is 0 Å². The molecule has 3 nitrogen and oxygen atoms in total. The van der Waals surface area contributed by atoms with Gasteiger partial charge in [-0.25, -0.2) is 0 Å². The summed E-state index contributed by atoms with van der Waals surface area (Å²) in [5, 5.41) is 0.998. The van der Waals surface area contributed by atoms with Crippen LogP contribution in [0.25, 0.3) is 0 Å². The molecule has 2 N–H and O–H groups in total. The van der Waals surface area contributed by atoms with Crippen molar-refractivity contribution in [1.29, 1.82) is 0 Å². The van der Waals surface area contributed by atoms with Gasteiger partial charge in [0.2, 0.25) is 0 Å². The van der Waals surface area contributed by atoms with Gasteiger partial charge in [0.05, 0.1) is 0 Å². The van der Waals surface area contributed by atoms with Crippen LogP contribution in [0.15, 0.2) is 0 Å². The van der Waals surface area contributed by atoms with Crippen molar-refractivity contribution in [2.24, 2.45) is 0 Å². The van der Waals surface area contributed by atoms with Gasteiger partial charge in [-0.15, -0.1) is 0 Å². The van der Waals surface area contributed by atoms with Crippen LogP contribution in [-0.4, -0.2) is 15.9 Å². The van der Waals surface area contributed by atoms with Gasteiger partial charge in [-0.3, -0.25) is 4.57 Å². The van der Waals surface area contributed by atoms with Crippen molar-refractivity contribution in [2.45, 2.75) is 225 Å². The summed E-state index contributed by atoms with van der Waals surface area (Å²) in [4.78, 5) is 17.5. The SMILES string of the molecule is CCCCCCCCCCCCCCCCCCP(=O)(O)O.CCCCCCCCCCCCCCCCC[CH2][Ni]. The summed E-state index contributed by atoms with van der Waals surface area (Å²) in [6, 6.07) is 0. The fourth-order valence-corrected chi connectivity index (χ4v) is 6.38. The Bertz CT molecular complexity index is 481. The summed E-state index contributed by atoms with van der Waals surface area (Å²) in [5.74, 6) is 0. The normalized spacial score (nSPS) is 11.6. The molecule has 0 aliphatic heterocycles. The van der Waals surface area contributed by atoms with Gasteiger partial charge in [0.25, 0.3) is 0 Å². The zero-order valence-electron chi connectivity index (χ0n) is 28.1. The Morgan fingerprint density at radius 3 is 0.756 bits per heavy atom. The molecule has 0 amide bonds. The third-order valence-corrected chi connectivity index (χ3v) is 9.52. The summed E-state index contributed by atoms with van der Waals surface area (Å²) >= 11 is 4.69. The van der Waals surface area contributed by atoms with Crippen molar-refractivity contribution in [3.63, 3.8) is 0 Å². The number of rotatable bonds is 33. The van der Waals surface area contributed by atoms with Crippen LogP contribution in [0.4, 0.5) is 0 Å². The molecule has 0 rings (SSSR count). The van der Waals surface area contributed by atoms with Crippen molar-refractivity contribution in [3.05, 3.63) is 0 Å². The van der Waals surface area contributed by atoms with Gasteiger partial charge in [-0.05, 0) is 6.42 Å². The molecule has 0 aromatic carbocycles. The van der Waals surface area contributed by atoms with Crippen LogP contribution < -0.4 is 0 Å². The van der Waals surface area contributed by atoms with Crippen LogP contribution in [0, 0.1) is 0 Å². The van der Waals surface area contributed by atoms with E-state index in [4.69, 9.17) is 9.79 Å². The topological polar surface area (TPSA) is 57.5 Å². The van der Waals surface area contributed by atoms with E-state index in [0.717, 1.165) is 18.2 Å². The molecule has 41 heavy (non-hydrogen) atoms. The molecule has 0 atom stereocenters. The van der Waals surface area contributed by atoms with E-state index in [0.29, 0.717) is 6.42 Å². The maximum atomic E-state index is 10.7. The summed E-state index contributed by atoms with van der Waals surface area (Å²) in [6.07, 6.45) is 43.7. The Balaban J connectivity index is 0. The third-order valence-electron chi connectivity index (χ3n) is 8.27. The predicted octanol–water partition coefficient (Wildman–Crippen LogP) is 13.6. The average molecular weight is 647 g/mol. The number of unbranched alkanes of at least 4 members (excludes halogenated alkanes) is 30. The molecular formula is C36H76NiO3P. The van der Waals surface area contributed by atoms with E-state index in [-0.39, 0.29) is 6.16 Å². The third kappa shape index (κ3) is 47.8. The van der Waals surface area contributed by atoms with Crippen LogP contribution in [0.1, 0.15) is 219 Å². The van der Waals surface area contributed by atoms with Crippen LogP contribution in [0.2, 0.25) is 5.39 Å². The minimum atomic E-state index is -3.75. The fraction of sp³-hybridized carbons (Fsp3) is 1.00. The molecule has 0 aliphatic carbocycles. The van der Waals surface area contributed by atoms with E-state index in [9.17, 15) is 4.57 Å².